The van der Waals surface area contributed by atoms with E-state index in [0.717, 1.165) is 24.5 Å². The minimum atomic E-state index is 0.569. The first-order valence-electron chi connectivity index (χ1n) is 5.31. The SMILES string of the molecule is CC(C)CN(CCC#N)Cc1cnc(Cl)s1. The fourth-order valence-electron chi connectivity index (χ4n) is 1.54. The van der Waals surface area contributed by atoms with Gasteiger partial charge in [0.25, 0.3) is 0 Å². The molecule has 3 nitrogen and oxygen atoms in total. The monoisotopic (exact) mass is 257 g/mol. The maximum Gasteiger partial charge on any atom is 0.183 e. The van der Waals surface area contributed by atoms with Crippen LogP contribution in [-0.2, 0) is 6.54 Å². The summed E-state index contributed by atoms with van der Waals surface area (Å²) in [4.78, 5) is 7.45. The Hall–Kier alpha value is -0.630. The third-order valence-corrected chi connectivity index (χ3v) is 3.17. The van der Waals surface area contributed by atoms with Gasteiger partial charge in [0.05, 0.1) is 6.07 Å². The maximum absolute atomic E-state index is 8.61. The van der Waals surface area contributed by atoms with Crippen molar-refractivity contribution in [3.63, 3.8) is 0 Å². The topological polar surface area (TPSA) is 39.9 Å². The molecular formula is C11H16ClN3S. The van der Waals surface area contributed by atoms with Gasteiger partial charge in [0.2, 0.25) is 0 Å². The van der Waals surface area contributed by atoms with Gasteiger partial charge in [-0.1, -0.05) is 25.4 Å². The van der Waals surface area contributed by atoms with Gasteiger partial charge in [-0.15, -0.1) is 11.3 Å². The fourth-order valence-corrected chi connectivity index (χ4v) is 2.56. The van der Waals surface area contributed by atoms with Gasteiger partial charge in [0.15, 0.2) is 4.47 Å². The number of rotatable bonds is 6. The highest BCUT2D eigenvalue weighted by atomic mass is 35.5. The molecule has 1 rings (SSSR count). The molecule has 5 heteroatoms. The molecule has 0 saturated heterocycles. The lowest BCUT2D eigenvalue weighted by molar-refractivity contribution is 0.243. The average molecular weight is 258 g/mol. The van der Waals surface area contributed by atoms with Gasteiger partial charge in [-0.25, -0.2) is 4.98 Å². The van der Waals surface area contributed by atoms with Gasteiger partial charge in [-0.05, 0) is 5.92 Å². The van der Waals surface area contributed by atoms with Crippen molar-refractivity contribution in [1.82, 2.24) is 9.88 Å². The molecule has 0 saturated carbocycles. The summed E-state index contributed by atoms with van der Waals surface area (Å²) >= 11 is 7.30. The minimum absolute atomic E-state index is 0.569. The van der Waals surface area contributed by atoms with E-state index < -0.39 is 0 Å². The van der Waals surface area contributed by atoms with Crippen LogP contribution in [0, 0.1) is 17.2 Å². The summed E-state index contributed by atoms with van der Waals surface area (Å²) in [5.41, 5.74) is 0. The summed E-state index contributed by atoms with van der Waals surface area (Å²) in [6.45, 7) is 7.00. The van der Waals surface area contributed by atoms with E-state index in [-0.39, 0.29) is 0 Å². The number of aromatic nitrogens is 1. The normalized spacial score (nSPS) is 11.0. The highest BCUT2D eigenvalue weighted by molar-refractivity contribution is 7.15. The number of thiazole rings is 1. The van der Waals surface area contributed by atoms with Crippen molar-refractivity contribution < 1.29 is 0 Å². The van der Waals surface area contributed by atoms with Crippen molar-refractivity contribution in [3.8, 4) is 6.07 Å². The largest absolute Gasteiger partial charge is 0.297 e. The van der Waals surface area contributed by atoms with E-state index in [0.29, 0.717) is 16.8 Å². The first-order chi connectivity index (χ1) is 7.61. The van der Waals surface area contributed by atoms with E-state index in [1.165, 1.54) is 11.3 Å². The van der Waals surface area contributed by atoms with Crippen molar-refractivity contribution in [2.75, 3.05) is 13.1 Å². The van der Waals surface area contributed by atoms with Gasteiger partial charge in [0, 0.05) is 37.1 Å². The van der Waals surface area contributed by atoms with Gasteiger partial charge < -0.3 is 0 Å². The smallest absolute Gasteiger partial charge is 0.183 e. The Balaban J connectivity index is 2.52. The zero-order valence-corrected chi connectivity index (χ0v) is 11.2. The van der Waals surface area contributed by atoms with Crippen LogP contribution in [0.3, 0.4) is 0 Å². The number of hydrogen-bond acceptors (Lipinski definition) is 4. The Labute approximate surface area is 106 Å². The van der Waals surface area contributed by atoms with Crippen molar-refractivity contribution in [2.24, 2.45) is 5.92 Å². The molecule has 0 amide bonds. The summed E-state index contributed by atoms with van der Waals surface area (Å²) in [7, 11) is 0. The third-order valence-electron chi connectivity index (χ3n) is 2.07. The van der Waals surface area contributed by atoms with Crippen molar-refractivity contribution >= 4 is 22.9 Å². The fraction of sp³-hybridized carbons (Fsp3) is 0.636. The number of hydrogen-bond donors (Lipinski definition) is 0. The molecule has 0 aliphatic heterocycles. The lowest BCUT2D eigenvalue weighted by atomic mass is 10.2. The number of nitriles is 1. The van der Waals surface area contributed by atoms with Crippen LogP contribution in [-0.4, -0.2) is 23.0 Å². The van der Waals surface area contributed by atoms with Crippen LogP contribution in [0.2, 0.25) is 4.47 Å². The summed E-state index contributed by atoms with van der Waals surface area (Å²) in [5.74, 6) is 0.599. The van der Waals surface area contributed by atoms with E-state index in [1.807, 2.05) is 6.20 Å². The second kappa shape index (κ2) is 6.85. The lowest BCUT2D eigenvalue weighted by Crippen LogP contribution is -2.27. The molecule has 0 unspecified atom stereocenters. The summed E-state index contributed by atoms with van der Waals surface area (Å²) in [5, 5.41) is 8.61. The van der Waals surface area contributed by atoms with Gasteiger partial charge in [-0.2, -0.15) is 5.26 Å². The van der Waals surface area contributed by atoms with E-state index in [2.05, 4.69) is 29.8 Å². The summed E-state index contributed by atoms with van der Waals surface area (Å²) in [6.07, 6.45) is 2.38. The number of halogens is 1. The zero-order valence-electron chi connectivity index (χ0n) is 9.61. The quantitative estimate of drug-likeness (QED) is 0.786. The van der Waals surface area contributed by atoms with E-state index in [1.54, 1.807) is 0 Å². The Morgan fingerprint density at radius 2 is 2.38 bits per heavy atom. The molecule has 88 valence electrons. The summed E-state index contributed by atoms with van der Waals surface area (Å²) in [6, 6.07) is 2.18. The molecule has 0 N–H and O–H groups in total. The number of nitrogens with zero attached hydrogens (tertiary/aromatic N) is 3. The van der Waals surface area contributed by atoms with Crippen molar-refractivity contribution in [1.29, 1.82) is 5.26 Å². The molecule has 1 aromatic heterocycles. The first-order valence-corrected chi connectivity index (χ1v) is 6.50. The third kappa shape index (κ3) is 4.93. The Kier molecular flexibility index (Phi) is 5.75. The van der Waals surface area contributed by atoms with Gasteiger partial charge in [-0.3, -0.25) is 4.90 Å². The van der Waals surface area contributed by atoms with E-state index >= 15 is 0 Å². The molecule has 0 radical (unpaired) electrons. The maximum atomic E-state index is 8.61. The van der Waals surface area contributed by atoms with Gasteiger partial charge >= 0.3 is 0 Å². The molecular weight excluding hydrogens is 242 g/mol. The zero-order chi connectivity index (χ0) is 12.0. The highest BCUT2D eigenvalue weighted by Crippen LogP contribution is 2.19. The second-order valence-corrected chi connectivity index (χ2v) is 5.81. The molecule has 1 aromatic rings. The molecule has 0 spiro atoms. The second-order valence-electron chi connectivity index (χ2n) is 4.12. The molecule has 0 atom stereocenters. The average Bonchev–Trinajstić information content (AvgIpc) is 2.59. The van der Waals surface area contributed by atoms with E-state index in [4.69, 9.17) is 16.9 Å². The molecule has 16 heavy (non-hydrogen) atoms. The first kappa shape index (κ1) is 13.4. The van der Waals surface area contributed by atoms with Crippen LogP contribution in [0.25, 0.3) is 0 Å². The molecule has 0 fully saturated rings. The molecule has 0 aromatic carbocycles. The van der Waals surface area contributed by atoms with Crippen LogP contribution in [0.15, 0.2) is 6.20 Å². The predicted molar refractivity (Wildman–Crippen MR) is 67.5 cm³/mol. The predicted octanol–water partition coefficient (Wildman–Crippen LogP) is 3.17. The van der Waals surface area contributed by atoms with Crippen LogP contribution >= 0.6 is 22.9 Å². The van der Waals surface area contributed by atoms with Crippen molar-refractivity contribution in [2.45, 2.75) is 26.8 Å². The van der Waals surface area contributed by atoms with E-state index in [9.17, 15) is 0 Å². The van der Waals surface area contributed by atoms with Crippen LogP contribution in [0.5, 0.6) is 0 Å². The highest BCUT2D eigenvalue weighted by Gasteiger charge is 2.09. The molecule has 0 bridgehead atoms. The molecule has 0 aliphatic carbocycles. The molecule has 0 aliphatic rings. The minimum Gasteiger partial charge on any atom is -0.297 e. The van der Waals surface area contributed by atoms with Crippen LogP contribution < -0.4 is 0 Å². The van der Waals surface area contributed by atoms with Gasteiger partial charge in [0.1, 0.15) is 0 Å². The summed E-state index contributed by atoms with van der Waals surface area (Å²) < 4.78 is 0.583. The Bertz CT molecular complexity index is 356. The van der Waals surface area contributed by atoms with Crippen LogP contribution in [0.4, 0.5) is 0 Å². The molecule has 1 heterocycles. The Morgan fingerprint density at radius 3 is 2.88 bits per heavy atom. The van der Waals surface area contributed by atoms with Crippen LogP contribution in [0.1, 0.15) is 25.1 Å². The lowest BCUT2D eigenvalue weighted by Gasteiger charge is -2.22. The standard InChI is InChI=1S/C11H16ClN3S/c1-9(2)7-15(5-3-4-13)8-10-6-14-11(12)16-10/h6,9H,3,5,7-8H2,1-2H3. The Morgan fingerprint density at radius 1 is 1.62 bits per heavy atom. The van der Waals surface area contributed by atoms with Crippen molar-refractivity contribution in [3.05, 3.63) is 15.5 Å².